The highest BCUT2D eigenvalue weighted by Crippen LogP contribution is 2.31. The molecule has 2 aromatic carbocycles. The highest BCUT2D eigenvalue weighted by Gasteiger charge is 2.18. The molecule has 3 aromatic rings. The number of methoxy groups -OCH3 is 2. The van der Waals surface area contributed by atoms with Gasteiger partial charge in [-0.3, -0.25) is 4.79 Å². The van der Waals surface area contributed by atoms with Gasteiger partial charge in [-0.05, 0) is 43.7 Å². The van der Waals surface area contributed by atoms with Crippen LogP contribution in [0.1, 0.15) is 27.4 Å². The number of rotatable bonds is 6. The van der Waals surface area contributed by atoms with Crippen LogP contribution in [-0.2, 0) is 6.54 Å². The standard InChI is InChI=1S/C21H23N3O4/c1-13-6-7-14(2)16(10-13)21(25)24(3)12-19-22-23-20(28-19)15-8-9-17(26-4)18(11-15)27-5/h6-11H,12H2,1-5H3. The molecule has 1 amide bonds. The highest BCUT2D eigenvalue weighted by molar-refractivity contribution is 5.95. The van der Waals surface area contributed by atoms with E-state index in [9.17, 15) is 4.79 Å². The summed E-state index contributed by atoms with van der Waals surface area (Å²) in [5.41, 5.74) is 3.34. The van der Waals surface area contributed by atoms with Gasteiger partial charge in [0.25, 0.3) is 5.91 Å². The van der Waals surface area contributed by atoms with Crippen LogP contribution in [-0.4, -0.2) is 42.3 Å². The zero-order valence-electron chi connectivity index (χ0n) is 16.6. The lowest BCUT2D eigenvalue weighted by atomic mass is 10.0. The summed E-state index contributed by atoms with van der Waals surface area (Å²) in [5, 5.41) is 8.15. The Bertz CT molecular complexity index is 997. The van der Waals surface area contributed by atoms with E-state index in [1.54, 1.807) is 38.3 Å². The normalized spacial score (nSPS) is 10.6. The molecule has 0 aliphatic carbocycles. The van der Waals surface area contributed by atoms with Gasteiger partial charge in [0.15, 0.2) is 11.5 Å². The van der Waals surface area contributed by atoms with Gasteiger partial charge in [0, 0.05) is 18.2 Å². The third kappa shape index (κ3) is 3.98. The van der Waals surface area contributed by atoms with Crippen LogP contribution in [0.3, 0.4) is 0 Å². The van der Waals surface area contributed by atoms with Crippen molar-refractivity contribution in [2.24, 2.45) is 0 Å². The molecule has 146 valence electrons. The summed E-state index contributed by atoms with van der Waals surface area (Å²) in [7, 11) is 4.85. The van der Waals surface area contributed by atoms with Crippen molar-refractivity contribution in [2.45, 2.75) is 20.4 Å². The van der Waals surface area contributed by atoms with E-state index in [0.717, 1.165) is 11.1 Å². The van der Waals surface area contributed by atoms with Crippen LogP contribution in [0.15, 0.2) is 40.8 Å². The summed E-state index contributed by atoms with van der Waals surface area (Å²) in [6.07, 6.45) is 0. The quantitative estimate of drug-likeness (QED) is 0.649. The van der Waals surface area contributed by atoms with Crippen molar-refractivity contribution >= 4 is 5.91 Å². The molecule has 0 bridgehead atoms. The van der Waals surface area contributed by atoms with Gasteiger partial charge >= 0.3 is 0 Å². The molecule has 7 nitrogen and oxygen atoms in total. The minimum Gasteiger partial charge on any atom is -0.493 e. The lowest BCUT2D eigenvalue weighted by molar-refractivity contribution is 0.0772. The molecule has 0 fully saturated rings. The maximum absolute atomic E-state index is 12.8. The number of nitrogens with zero attached hydrogens (tertiary/aromatic N) is 3. The predicted octanol–water partition coefficient (Wildman–Crippen LogP) is 3.64. The Morgan fingerprint density at radius 1 is 1.04 bits per heavy atom. The molecule has 3 rings (SSSR count). The summed E-state index contributed by atoms with van der Waals surface area (Å²) in [5.74, 6) is 1.80. The van der Waals surface area contributed by atoms with Crippen LogP contribution < -0.4 is 9.47 Å². The zero-order chi connectivity index (χ0) is 20.3. The van der Waals surface area contributed by atoms with Crippen molar-refractivity contribution in [1.82, 2.24) is 15.1 Å². The fraction of sp³-hybridized carbons (Fsp3) is 0.286. The van der Waals surface area contributed by atoms with Crippen molar-refractivity contribution < 1.29 is 18.7 Å². The summed E-state index contributed by atoms with van der Waals surface area (Å²) >= 11 is 0. The van der Waals surface area contributed by atoms with E-state index in [1.165, 1.54) is 0 Å². The Balaban J connectivity index is 1.77. The van der Waals surface area contributed by atoms with Crippen molar-refractivity contribution in [3.63, 3.8) is 0 Å². The van der Waals surface area contributed by atoms with E-state index in [0.29, 0.717) is 34.4 Å². The first-order valence-electron chi connectivity index (χ1n) is 8.80. The highest BCUT2D eigenvalue weighted by atomic mass is 16.5. The fourth-order valence-corrected chi connectivity index (χ4v) is 2.85. The molecular formula is C21H23N3O4. The third-order valence-corrected chi connectivity index (χ3v) is 4.44. The second-order valence-corrected chi connectivity index (χ2v) is 6.55. The molecule has 0 spiro atoms. The molecule has 0 aliphatic rings. The van der Waals surface area contributed by atoms with Crippen LogP contribution in [0.4, 0.5) is 0 Å². The monoisotopic (exact) mass is 381 g/mol. The number of carbonyl (C=O) groups is 1. The molecule has 0 saturated heterocycles. The summed E-state index contributed by atoms with van der Waals surface area (Å²) in [6, 6.07) is 11.2. The number of benzene rings is 2. The number of aromatic nitrogens is 2. The fourth-order valence-electron chi connectivity index (χ4n) is 2.85. The molecule has 0 aliphatic heterocycles. The van der Waals surface area contributed by atoms with Gasteiger partial charge in [-0.2, -0.15) is 0 Å². The van der Waals surface area contributed by atoms with Crippen LogP contribution in [0.2, 0.25) is 0 Å². The van der Waals surface area contributed by atoms with Crippen LogP contribution in [0, 0.1) is 13.8 Å². The minimum absolute atomic E-state index is 0.0907. The molecule has 0 atom stereocenters. The van der Waals surface area contributed by atoms with Crippen LogP contribution in [0.25, 0.3) is 11.5 Å². The number of carbonyl (C=O) groups excluding carboxylic acids is 1. The average molecular weight is 381 g/mol. The number of amides is 1. The van der Waals surface area contributed by atoms with E-state index in [-0.39, 0.29) is 12.5 Å². The zero-order valence-corrected chi connectivity index (χ0v) is 16.6. The average Bonchev–Trinajstić information content (AvgIpc) is 3.17. The van der Waals surface area contributed by atoms with Gasteiger partial charge in [-0.15, -0.1) is 10.2 Å². The van der Waals surface area contributed by atoms with Crippen molar-refractivity contribution in [3.8, 4) is 23.0 Å². The van der Waals surface area contributed by atoms with E-state index in [1.807, 2.05) is 38.1 Å². The lowest BCUT2D eigenvalue weighted by Crippen LogP contribution is -2.27. The van der Waals surface area contributed by atoms with E-state index in [4.69, 9.17) is 13.9 Å². The van der Waals surface area contributed by atoms with Crippen LogP contribution >= 0.6 is 0 Å². The van der Waals surface area contributed by atoms with Gasteiger partial charge < -0.3 is 18.8 Å². The van der Waals surface area contributed by atoms with E-state index < -0.39 is 0 Å². The van der Waals surface area contributed by atoms with Crippen LogP contribution in [0.5, 0.6) is 11.5 Å². The Morgan fingerprint density at radius 3 is 2.50 bits per heavy atom. The van der Waals surface area contributed by atoms with Gasteiger partial charge in [0.1, 0.15) is 0 Å². The second-order valence-electron chi connectivity index (χ2n) is 6.55. The molecule has 7 heteroatoms. The summed E-state index contributed by atoms with van der Waals surface area (Å²) < 4.78 is 16.3. The molecule has 1 heterocycles. The van der Waals surface area contributed by atoms with Gasteiger partial charge in [0.05, 0.1) is 20.8 Å². The molecule has 0 unspecified atom stereocenters. The molecule has 0 saturated carbocycles. The molecular weight excluding hydrogens is 358 g/mol. The van der Waals surface area contributed by atoms with Gasteiger partial charge in [-0.1, -0.05) is 17.7 Å². The molecule has 1 aromatic heterocycles. The number of hydrogen-bond acceptors (Lipinski definition) is 6. The predicted molar refractivity (Wildman–Crippen MR) is 105 cm³/mol. The third-order valence-electron chi connectivity index (χ3n) is 4.44. The van der Waals surface area contributed by atoms with Crippen molar-refractivity contribution in [2.75, 3.05) is 21.3 Å². The summed E-state index contributed by atoms with van der Waals surface area (Å²) in [4.78, 5) is 14.3. The largest absolute Gasteiger partial charge is 0.493 e. The Labute approximate surface area is 163 Å². The first-order chi connectivity index (χ1) is 13.4. The number of hydrogen-bond donors (Lipinski definition) is 0. The Hall–Kier alpha value is -3.35. The Kier molecular flexibility index (Phi) is 5.63. The molecule has 0 radical (unpaired) electrons. The summed E-state index contributed by atoms with van der Waals surface area (Å²) in [6.45, 7) is 4.10. The van der Waals surface area contributed by atoms with Gasteiger partial charge in [0.2, 0.25) is 11.8 Å². The smallest absolute Gasteiger partial charge is 0.254 e. The minimum atomic E-state index is -0.0907. The first-order valence-corrected chi connectivity index (χ1v) is 8.80. The molecule has 0 N–H and O–H groups in total. The number of ether oxygens (including phenoxy) is 2. The maximum Gasteiger partial charge on any atom is 0.254 e. The Morgan fingerprint density at radius 2 is 1.79 bits per heavy atom. The van der Waals surface area contributed by atoms with E-state index >= 15 is 0 Å². The topological polar surface area (TPSA) is 77.7 Å². The van der Waals surface area contributed by atoms with Crippen molar-refractivity contribution in [1.29, 1.82) is 0 Å². The lowest BCUT2D eigenvalue weighted by Gasteiger charge is -2.16. The first kappa shape index (κ1) is 19.4. The molecule has 28 heavy (non-hydrogen) atoms. The number of aryl methyl sites for hydroxylation is 2. The maximum atomic E-state index is 12.8. The second kappa shape index (κ2) is 8.12. The SMILES string of the molecule is COc1ccc(-c2nnc(CN(C)C(=O)c3cc(C)ccc3C)o2)cc1OC. The van der Waals surface area contributed by atoms with E-state index in [2.05, 4.69) is 10.2 Å². The van der Waals surface area contributed by atoms with Crippen molar-refractivity contribution in [3.05, 3.63) is 59.0 Å². The van der Waals surface area contributed by atoms with Gasteiger partial charge in [-0.25, -0.2) is 0 Å².